The van der Waals surface area contributed by atoms with Gasteiger partial charge in [0.05, 0.1) is 19.9 Å². The molecule has 1 fully saturated rings. The van der Waals surface area contributed by atoms with Gasteiger partial charge in [0.25, 0.3) is 5.91 Å². The van der Waals surface area contributed by atoms with E-state index >= 15 is 0 Å². The van der Waals surface area contributed by atoms with Gasteiger partial charge in [-0.2, -0.15) is 0 Å². The van der Waals surface area contributed by atoms with Gasteiger partial charge in [0.2, 0.25) is 6.10 Å². The minimum Gasteiger partial charge on any atom is -0.497 e. The van der Waals surface area contributed by atoms with E-state index in [2.05, 4.69) is 10.1 Å². The van der Waals surface area contributed by atoms with Crippen LogP contribution in [0.5, 0.6) is 11.5 Å². The molecule has 1 saturated heterocycles. The third-order valence-corrected chi connectivity index (χ3v) is 5.44. The van der Waals surface area contributed by atoms with Crippen molar-refractivity contribution < 1.29 is 23.5 Å². The van der Waals surface area contributed by atoms with Gasteiger partial charge in [-0.15, -0.1) is 0 Å². The number of piperazine rings is 1. The number of carbonyl (C=O) groups is 1. The summed E-state index contributed by atoms with van der Waals surface area (Å²) < 4.78 is 23.8. The maximum atomic E-state index is 13.1. The molecule has 0 spiro atoms. The quantitative estimate of drug-likeness (QED) is 0.754. The second kappa shape index (κ2) is 8.61. The van der Waals surface area contributed by atoms with Crippen molar-refractivity contribution in [1.29, 1.82) is 0 Å². The van der Waals surface area contributed by atoms with Crippen LogP contribution in [0.3, 0.4) is 0 Å². The Hall–Kier alpha value is -3.29. The van der Waals surface area contributed by atoms with Gasteiger partial charge in [0, 0.05) is 43.9 Å². The lowest BCUT2D eigenvalue weighted by molar-refractivity contribution is -0.142. The van der Waals surface area contributed by atoms with E-state index in [1.807, 2.05) is 12.1 Å². The molecule has 2 aromatic rings. The number of hydrogen-bond donors (Lipinski definition) is 0. The van der Waals surface area contributed by atoms with Crippen molar-refractivity contribution in [2.24, 2.45) is 5.16 Å². The number of hydrogen-bond acceptors (Lipinski definition) is 6. The zero-order chi connectivity index (χ0) is 21.1. The first kappa shape index (κ1) is 20.0. The van der Waals surface area contributed by atoms with Gasteiger partial charge in [-0.25, -0.2) is 4.39 Å². The lowest BCUT2D eigenvalue weighted by Gasteiger charge is -2.36. The summed E-state index contributed by atoms with van der Waals surface area (Å²) in [4.78, 5) is 22.4. The summed E-state index contributed by atoms with van der Waals surface area (Å²) in [5.41, 5.74) is 2.37. The topological polar surface area (TPSA) is 63.6 Å². The second-order valence-electron chi connectivity index (χ2n) is 7.19. The van der Waals surface area contributed by atoms with Gasteiger partial charge in [-0.3, -0.25) is 4.79 Å². The van der Waals surface area contributed by atoms with Gasteiger partial charge in [-0.05, 0) is 42.5 Å². The molecule has 0 aromatic heterocycles. The molecule has 0 radical (unpaired) electrons. The average Bonchev–Trinajstić information content (AvgIpc) is 3.29. The maximum Gasteiger partial charge on any atom is 0.267 e. The Labute approximate surface area is 174 Å². The van der Waals surface area contributed by atoms with Gasteiger partial charge in [0.1, 0.15) is 17.3 Å². The number of nitrogens with zero attached hydrogens (tertiary/aromatic N) is 3. The summed E-state index contributed by atoms with van der Waals surface area (Å²) in [6.07, 6.45) is -0.270. The fourth-order valence-electron chi connectivity index (χ4n) is 3.75. The predicted molar refractivity (Wildman–Crippen MR) is 111 cm³/mol. The molecule has 158 valence electrons. The lowest BCUT2D eigenvalue weighted by Crippen LogP contribution is -2.51. The first-order valence-corrected chi connectivity index (χ1v) is 9.83. The van der Waals surface area contributed by atoms with E-state index in [1.54, 1.807) is 37.3 Å². The van der Waals surface area contributed by atoms with E-state index < -0.39 is 6.10 Å². The third kappa shape index (κ3) is 4.03. The van der Waals surface area contributed by atoms with Crippen LogP contribution in [0.15, 0.2) is 47.6 Å². The zero-order valence-corrected chi connectivity index (χ0v) is 17.0. The summed E-state index contributed by atoms with van der Waals surface area (Å²) >= 11 is 0. The number of methoxy groups -OCH3 is 2. The fraction of sp³-hybridized carbons (Fsp3) is 0.364. The standard InChI is InChI=1S/C22H24FN3O4/c1-28-17-7-8-20(29-2)18(13-17)19-14-21(30-24-19)22(27)26-11-9-25(10-12-26)16-5-3-15(23)4-6-16/h3-8,13,21H,9-12,14H2,1-2H3/t21-/m1/s1. The van der Waals surface area contributed by atoms with Crippen molar-refractivity contribution in [1.82, 2.24) is 4.90 Å². The molecule has 2 aliphatic heterocycles. The Morgan fingerprint density at radius 3 is 2.47 bits per heavy atom. The minimum atomic E-state index is -0.645. The number of benzene rings is 2. The normalized spacial score (nSPS) is 18.6. The van der Waals surface area contributed by atoms with Crippen LogP contribution in [0, 0.1) is 5.82 Å². The van der Waals surface area contributed by atoms with Crippen molar-refractivity contribution in [2.45, 2.75) is 12.5 Å². The monoisotopic (exact) mass is 413 g/mol. The Morgan fingerprint density at radius 1 is 1.07 bits per heavy atom. The number of ether oxygens (including phenoxy) is 2. The highest BCUT2D eigenvalue weighted by atomic mass is 19.1. The molecule has 2 aromatic carbocycles. The number of amides is 1. The largest absolute Gasteiger partial charge is 0.497 e. The summed E-state index contributed by atoms with van der Waals surface area (Å²) in [6, 6.07) is 11.9. The summed E-state index contributed by atoms with van der Waals surface area (Å²) in [6.45, 7) is 2.52. The Balaban J connectivity index is 1.37. The van der Waals surface area contributed by atoms with Crippen molar-refractivity contribution in [3.05, 3.63) is 53.8 Å². The first-order chi connectivity index (χ1) is 14.6. The Kier molecular flexibility index (Phi) is 5.74. The molecule has 0 aliphatic carbocycles. The van der Waals surface area contributed by atoms with E-state index in [9.17, 15) is 9.18 Å². The van der Waals surface area contributed by atoms with Crippen molar-refractivity contribution in [3.8, 4) is 11.5 Å². The van der Waals surface area contributed by atoms with E-state index in [-0.39, 0.29) is 11.7 Å². The molecule has 30 heavy (non-hydrogen) atoms. The highest BCUT2D eigenvalue weighted by Gasteiger charge is 2.34. The molecule has 2 aliphatic rings. The van der Waals surface area contributed by atoms with Crippen molar-refractivity contribution in [3.63, 3.8) is 0 Å². The fourth-order valence-corrected chi connectivity index (χ4v) is 3.75. The minimum absolute atomic E-state index is 0.0747. The average molecular weight is 413 g/mol. The van der Waals surface area contributed by atoms with Crippen LogP contribution in [-0.4, -0.2) is 63.0 Å². The molecule has 0 bridgehead atoms. The number of carbonyl (C=O) groups excluding carboxylic acids is 1. The van der Waals surface area contributed by atoms with Crippen LogP contribution < -0.4 is 14.4 Å². The number of halogens is 1. The number of rotatable bonds is 5. The van der Waals surface area contributed by atoms with E-state index in [0.717, 1.165) is 11.3 Å². The predicted octanol–water partition coefficient (Wildman–Crippen LogP) is 2.68. The molecule has 8 heteroatoms. The second-order valence-corrected chi connectivity index (χ2v) is 7.19. The maximum absolute atomic E-state index is 13.1. The van der Waals surface area contributed by atoms with Crippen LogP contribution in [0.2, 0.25) is 0 Å². The molecule has 2 heterocycles. The lowest BCUT2D eigenvalue weighted by atomic mass is 10.0. The van der Waals surface area contributed by atoms with Crippen LogP contribution in [0.25, 0.3) is 0 Å². The van der Waals surface area contributed by atoms with Gasteiger partial charge >= 0.3 is 0 Å². The molecular formula is C22H24FN3O4. The summed E-state index contributed by atoms with van der Waals surface area (Å²) in [7, 11) is 3.18. The first-order valence-electron chi connectivity index (χ1n) is 9.83. The molecule has 1 amide bonds. The SMILES string of the molecule is COc1ccc(OC)c(C2=NO[C@@H](C(=O)N3CCN(c4ccc(F)cc4)CC3)C2)c1. The molecule has 1 atom stereocenters. The number of oxime groups is 1. The highest BCUT2D eigenvalue weighted by Crippen LogP contribution is 2.29. The molecule has 0 unspecified atom stereocenters. The molecule has 0 N–H and O–H groups in total. The Bertz CT molecular complexity index is 940. The van der Waals surface area contributed by atoms with E-state index in [0.29, 0.717) is 49.8 Å². The van der Waals surface area contributed by atoms with E-state index in [4.69, 9.17) is 14.3 Å². The van der Waals surface area contributed by atoms with Crippen LogP contribution in [-0.2, 0) is 9.63 Å². The number of anilines is 1. The van der Waals surface area contributed by atoms with Crippen LogP contribution >= 0.6 is 0 Å². The summed E-state index contributed by atoms with van der Waals surface area (Å²) in [5.74, 6) is 1.00. The van der Waals surface area contributed by atoms with E-state index in [1.165, 1.54) is 12.1 Å². The van der Waals surface area contributed by atoms with Gasteiger partial charge < -0.3 is 24.1 Å². The van der Waals surface area contributed by atoms with Gasteiger partial charge in [0.15, 0.2) is 0 Å². The molecule has 7 nitrogen and oxygen atoms in total. The van der Waals surface area contributed by atoms with Crippen molar-refractivity contribution in [2.75, 3.05) is 45.3 Å². The van der Waals surface area contributed by atoms with Gasteiger partial charge in [-0.1, -0.05) is 5.16 Å². The Morgan fingerprint density at radius 2 is 1.80 bits per heavy atom. The van der Waals surface area contributed by atoms with Crippen LogP contribution in [0.4, 0.5) is 10.1 Å². The third-order valence-electron chi connectivity index (χ3n) is 5.44. The molecule has 0 saturated carbocycles. The summed E-state index contributed by atoms with van der Waals surface area (Å²) in [5, 5.41) is 4.15. The van der Waals surface area contributed by atoms with Crippen LogP contribution in [0.1, 0.15) is 12.0 Å². The highest BCUT2D eigenvalue weighted by molar-refractivity contribution is 6.06. The molecular weight excluding hydrogens is 389 g/mol. The zero-order valence-electron chi connectivity index (χ0n) is 17.0. The smallest absolute Gasteiger partial charge is 0.267 e. The molecule has 4 rings (SSSR count). The van der Waals surface area contributed by atoms with Crippen molar-refractivity contribution >= 4 is 17.3 Å².